The van der Waals surface area contributed by atoms with Gasteiger partial charge < -0.3 is 10.0 Å². The van der Waals surface area contributed by atoms with Gasteiger partial charge in [0, 0.05) is 5.25 Å². The molecule has 1 N–H and O–H groups in total. The molecular formula is C11H19NO4S2. The fourth-order valence-corrected chi connectivity index (χ4v) is 5.78. The maximum Gasteiger partial charge on any atom is 0.232 e. The van der Waals surface area contributed by atoms with E-state index in [9.17, 15) is 18.3 Å². The zero-order valence-corrected chi connectivity index (χ0v) is 12.1. The number of nitrogens with zero attached hydrogens (tertiary/aromatic N) is 1. The quantitative estimate of drug-likeness (QED) is 0.783. The first-order valence-corrected chi connectivity index (χ1v) is 9.03. The molecule has 2 rings (SSSR count). The summed E-state index contributed by atoms with van der Waals surface area (Å²) in [7, 11) is -2.86. The van der Waals surface area contributed by atoms with E-state index in [1.807, 2.05) is 6.92 Å². The van der Waals surface area contributed by atoms with Crippen molar-refractivity contribution in [2.45, 2.75) is 30.6 Å². The fraction of sp³-hybridized carbons (Fsp3) is 0.909. The number of rotatable bonds is 4. The molecule has 0 saturated carbocycles. The second-order valence-electron chi connectivity index (χ2n) is 5.16. The van der Waals surface area contributed by atoms with Gasteiger partial charge in [-0.1, -0.05) is 6.92 Å². The highest BCUT2D eigenvalue weighted by Gasteiger charge is 2.42. The molecule has 0 aromatic heterocycles. The van der Waals surface area contributed by atoms with E-state index in [1.54, 1.807) is 4.90 Å². The van der Waals surface area contributed by atoms with E-state index >= 15 is 0 Å². The van der Waals surface area contributed by atoms with Gasteiger partial charge in [-0.25, -0.2) is 8.42 Å². The molecule has 0 aromatic carbocycles. The van der Waals surface area contributed by atoms with Gasteiger partial charge >= 0.3 is 0 Å². The van der Waals surface area contributed by atoms with Crippen molar-refractivity contribution in [3.05, 3.63) is 0 Å². The molecule has 7 heteroatoms. The van der Waals surface area contributed by atoms with Crippen LogP contribution in [0.3, 0.4) is 0 Å². The first kappa shape index (κ1) is 14.1. The first-order chi connectivity index (χ1) is 8.34. The third kappa shape index (κ3) is 3.19. The molecule has 2 heterocycles. The Labute approximate surface area is 112 Å². The molecule has 0 radical (unpaired) electrons. The number of amides is 1. The van der Waals surface area contributed by atoms with Crippen molar-refractivity contribution in [2.24, 2.45) is 0 Å². The lowest BCUT2D eigenvalue weighted by Gasteiger charge is -2.46. The molecule has 1 atom stereocenters. The second-order valence-corrected chi connectivity index (χ2v) is 8.68. The van der Waals surface area contributed by atoms with E-state index in [4.69, 9.17) is 0 Å². The Morgan fingerprint density at radius 3 is 2.67 bits per heavy atom. The lowest BCUT2D eigenvalue weighted by Crippen LogP contribution is -2.63. The predicted molar refractivity (Wildman–Crippen MR) is 71.3 cm³/mol. The smallest absolute Gasteiger partial charge is 0.232 e. The van der Waals surface area contributed by atoms with Crippen molar-refractivity contribution >= 4 is 27.5 Å². The van der Waals surface area contributed by atoms with Crippen molar-refractivity contribution in [3.8, 4) is 0 Å². The maximum atomic E-state index is 11.8. The number of thioether (sulfide) groups is 1. The largest absolute Gasteiger partial charge is 0.386 e. The molecule has 0 aromatic rings. The zero-order valence-electron chi connectivity index (χ0n) is 10.5. The molecule has 18 heavy (non-hydrogen) atoms. The van der Waals surface area contributed by atoms with Crippen molar-refractivity contribution in [1.29, 1.82) is 0 Å². The summed E-state index contributed by atoms with van der Waals surface area (Å²) in [5.41, 5.74) is -0.697. The summed E-state index contributed by atoms with van der Waals surface area (Å²) in [4.78, 5) is 13.4. The van der Waals surface area contributed by atoms with Crippen LogP contribution in [-0.4, -0.2) is 65.5 Å². The number of aliphatic hydroxyl groups is 1. The highest BCUT2D eigenvalue weighted by atomic mass is 32.2. The Balaban J connectivity index is 1.71. The number of hydrogen-bond acceptors (Lipinski definition) is 5. The molecule has 0 spiro atoms. The highest BCUT2D eigenvalue weighted by molar-refractivity contribution is 8.02. The molecule has 1 unspecified atom stereocenters. The van der Waals surface area contributed by atoms with Gasteiger partial charge in [0.15, 0.2) is 9.84 Å². The van der Waals surface area contributed by atoms with Crippen molar-refractivity contribution in [1.82, 2.24) is 4.90 Å². The van der Waals surface area contributed by atoms with Crippen LogP contribution in [0, 0.1) is 0 Å². The van der Waals surface area contributed by atoms with Crippen LogP contribution in [0.5, 0.6) is 0 Å². The standard InChI is InChI=1S/C11H19NO4S2/c1-2-11(14)7-12(8-11)10(13)5-17-9-3-4-18(15,16)6-9/h9,14H,2-8H2,1H3. The average Bonchev–Trinajstić information content (AvgIpc) is 2.61. The van der Waals surface area contributed by atoms with Crippen molar-refractivity contribution < 1.29 is 18.3 Å². The molecule has 2 saturated heterocycles. The first-order valence-electron chi connectivity index (χ1n) is 6.16. The minimum absolute atomic E-state index is 0.00224. The third-order valence-corrected chi connectivity index (χ3v) is 6.88. The van der Waals surface area contributed by atoms with Crippen LogP contribution in [0.15, 0.2) is 0 Å². The second kappa shape index (κ2) is 5.02. The Morgan fingerprint density at radius 1 is 1.50 bits per heavy atom. The van der Waals surface area contributed by atoms with E-state index in [1.165, 1.54) is 11.8 Å². The summed E-state index contributed by atoms with van der Waals surface area (Å²) in [5.74, 6) is 0.768. The molecule has 1 amide bonds. The minimum atomic E-state index is -2.86. The van der Waals surface area contributed by atoms with E-state index < -0.39 is 15.4 Å². The number of carbonyl (C=O) groups excluding carboxylic acids is 1. The number of hydrogen-bond donors (Lipinski definition) is 1. The van der Waals surface area contributed by atoms with Gasteiger partial charge in [0.1, 0.15) is 0 Å². The van der Waals surface area contributed by atoms with E-state index in [-0.39, 0.29) is 22.7 Å². The SMILES string of the molecule is CCC1(O)CN(C(=O)CSC2CCS(=O)(=O)C2)C1. The van der Waals surface area contributed by atoms with Gasteiger partial charge in [0.05, 0.1) is 35.9 Å². The summed E-state index contributed by atoms with van der Waals surface area (Å²) >= 11 is 1.43. The van der Waals surface area contributed by atoms with E-state index in [0.717, 1.165) is 0 Å². The van der Waals surface area contributed by atoms with Crippen LogP contribution in [0.25, 0.3) is 0 Å². The van der Waals surface area contributed by atoms with Crippen LogP contribution in [0.4, 0.5) is 0 Å². The third-order valence-electron chi connectivity index (χ3n) is 3.61. The normalized spacial score (nSPS) is 29.0. The summed E-state index contributed by atoms with van der Waals surface area (Å²) in [6.45, 7) is 2.72. The minimum Gasteiger partial charge on any atom is -0.386 e. The summed E-state index contributed by atoms with van der Waals surface area (Å²) in [6, 6.07) is 0. The van der Waals surface area contributed by atoms with Crippen molar-refractivity contribution in [3.63, 3.8) is 0 Å². The van der Waals surface area contributed by atoms with Crippen LogP contribution < -0.4 is 0 Å². The number of likely N-dealkylation sites (tertiary alicyclic amines) is 1. The molecule has 0 bridgehead atoms. The molecule has 2 aliphatic rings. The molecular weight excluding hydrogens is 274 g/mol. The summed E-state index contributed by atoms with van der Waals surface area (Å²) in [6.07, 6.45) is 1.31. The van der Waals surface area contributed by atoms with Gasteiger partial charge in [0.25, 0.3) is 0 Å². The van der Waals surface area contributed by atoms with E-state index in [2.05, 4.69) is 0 Å². The molecule has 5 nitrogen and oxygen atoms in total. The predicted octanol–water partition coefficient (Wildman–Crippen LogP) is -0.110. The summed E-state index contributed by atoms with van der Waals surface area (Å²) in [5, 5.41) is 9.87. The fourth-order valence-electron chi connectivity index (χ4n) is 2.24. The van der Waals surface area contributed by atoms with Crippen LogP contribution >= 0.6 is 11.8 Å². The number of sulfone groups is 1. The zero-order chi connectivity index (χ0) is 13.4. The number of carbonyl (C=O) groups is 1. The number of β-amino-alcohol motifs (C(OH)–C–C–N with tert-alkyl or cyclic N) is 1. The van der Waals surface area contributed by atoms with Gasteiger partial charge in [-0.2, -0.15) is 0 Å². The van der Waals surface area contributed by atoms with Crippen LogP contribution in [0.1, 0.15) is 19.8 Å². The van der Waals surface area contributed by atoms with Gasteiger partial charge in [-0.05, 0) is 12.8 Å². The molecule has 104 valence electrons. The average molecular weight is 293 g/mol. The summed E-state index contributed by atoms with van der Waals surface area (Å²) < 4.78 is 22.5. The molecule has 2 fully saturated rings. The van der Waals surface area contributed by atoms with Gasteiger partial charge in [0.2, 0.25) is 5.91 Å². The maximum absolute atomic E-state index is 11.8. The molecule has 2 aliphatic heterocycles. The Bertz CT molecular complexity index is 428. The molecule has 0 aliphatic carbocycles. The van der Waals surface area contributed by atoms with Crippen LogP contribution in [-0.2, 0) is 14.6 Å². The van der Waals surface area contributed by atoms with E-state index in [0.29, 0.717) is 31.7 Å². The topological polar surface area (TPSA) is 74.7 Å². The van der Waals surface area contributed by atoms with Gasteiger partial charge in [-0.3, -0.25) is 4.79 Å². The van der Waals surface area contributed by atoms with Crippen molar-refractivity contribution in [2.75, 3.05) is 30.3 Å². The van der Waals surface area contributed by atoms with Crippen LogP contribution in [0.2, 0.25) is 0 Å². The van der Waals surface area contributed by atoms with Gasteiger partial charge in [-0.15, -0.1) is 11.8 Å². The Hall–Kier alpha value is -0.270. The Kier molecular flexibility index (Phi) is 3.94. The lowest BCUT2D eigenvalue weighted by atomic mass is 9.91. The monoisotopic (exact) mass is 293 g/mol. The Morgan fingerprint density at radius 2 is 2.17 bits per heavy atom. The highest BCUT2D eigenvalue weighted by Crippen LogP contribution is 2.27. The lowest BCUT2D eigenvalue weighted by molar-refractivity contribution is -0.152.